The molecule has 0 heterocycles. The van der Waals surface area contributed by atoms with Gasteiger partial charge in [0.25, 0.3) is 0 Å². The molecule has 2 rings (SSSR count). The molecule has 0 spiro atoms. The molecule has 100 valence electrons. The number of hydrogen-bond donors (Lipinski definition) is 1. The largest absolute Gasteiger partial charge is 0.312 e. The first kappa shape index (κ1) is 13.5. The number of fused-ring (bicyclic) bond motifs is 1. The Hall–Kier alpha value is -0.900. The van der Waals surface area contributed by atoms with Gasteiger partial charge < -0.3 is 10.2 Å². The molecule has 0 aliphatic heterocycles. The van der Waals surface area contributed by atoms with Gasteiger partial charge in [-0.05, 0) is 45.7 Å². The molecule has 18 heavy (non-hydrogen) atoms. The predicted octanol–water partition coefficient (Wildman–Crippen LogP) is 1.37. The Morgan fingerprint density at radius 3 is 2.56 bits per heavy atom. The van der Waals surface area contributed by atoms with Crippen LogP contribution in [0.1, 0.15) is 17.2 Å². The SMILES string of the molecule is CNC1c2ccccc2CC1N(C)CCN(C)C. The quantitative estimate of drug-likeness (QED) is 0.848. The highest BCUT2D eigenvalue weighted by molar-refractivity contribution is 5.37. The lowest BCUT2D eigenvalue weighted by atomic mass is 10.1. The Balaban J connectivity index is 2.07. The summed E-state index contributed by atoms with van der Waals surface area (Å²) in [5.41, 5.74) is 2.97. The summed E-state index contributed by atoms with van der Waals surface area (Å²) in [6.07, 6.45) is 1.16. The number of benzene rings is 1. The van der Waals surface area contributed by atoms with Gasteiger partial charge in [-0.2, -0.15) is 0 Å². The highest BCUT2D eigenvalue weighted by Crippen LogP contribution is 2.33. The molecule has 1 aromatic carbocycles. The maximum Gasteiger partial charge on any atom is 0.0481 e. The van der Waals surface area contributed by atoms with E-state index in [9.17, 15) is 0 Å². The minimum absolute atomic E-state index is 0.466. The van der Waals surface area contributed by atoms with Crippen molar-refractivity contribution in [2.75, 3.05) is 41.3 Å². The molecule has 3 nitrogen and oxygen atoms in total. The lowest BCUT2D eigenvalue weighted by molar-refractivity contribution is 0.190. The topological polar surface area (TPSA) is 18.5 Å². The van der Waals surface area contributed by atoms with Gasteiger partial charge in [0.2, 0.25) is 0 Å². The number of nitrogens with one attached hydrogen (secondary N) is 1. The number of likely N-dealkylation sites (N-methyl/N-ethyl adjacent to an activating group) is 3. The van der Waals surface area contributed by atoms with E-state index in [1.165, 1.54) is 11.1 Å². The summed E-state index contributed by atoms with van der Waals surface area (Å²) in [7, 11) is 8.57. The zero-order valence-electron chi connectivity index (χ0n) is 12.0. The van der Waals surface area contributed by atoms with Gasteiger partial charge in [0, 0.05) is 25.2 Å². The molecule has 1 aliphatic carbocycles. The second kappa shape index (κ2) is 5.83. The van der Waals surface area contributed by atoms with Crippen LogP contribution < -0.4 is 5.32 Å². The summed E-state index contributed by atoms with van der Waals surface area (Å²) in [4.78, 5) is 4.73. The second-order valence-electron chi connectivity index (χ2n) is 5.52. The van der Waals surface area contributed by atoms with Crippen molar-refractivity contribution >= 4 is 0 Å². The molecule has 0 fully saturated rings. The van der Waals surface area contributed by atoms with Gasteiger partial charge in [0.1, 0.15) is 0 Å². The van der Waals surface area contributed by atoms with Gasteiger partial charge in [0.05, 0.1) is 0 Å². The van der Waals surface area contributed by atoms with Crippen molar-refractivity contribution < 1.29 is 0 Å². The van der Waals surface area contributed by atoms with Gasteiger partial charge in [-0.3, -0.25) is 4.90 Å². The molecule has 2 atom stereocenters. The third kappa shape index (κ3) is 2.74. The second-order valence-corrected chi connectivity index (χ2v) is 5.52. The number of hydrogen-bond acceptors (Lipinski definition) is 3. The van der Waals surface area contributed by atoms with Crippen LogP contribution in [0.25, 0.3) is 0 Å². The summed E-state index contributed by atoms with van der Waals surface area (Å²) in [5, 5.41) is 3.48. The molecule has 0 bridgehead atoms. The summed E-state index contributed by atoms with van der Waals surface area (Å²) in [6, 6.07) is 9.86. The molecule has 2 unspecified atom stereocenters. The lowest BCUT2D eigenvalue weighted by Gasteiger charge is -2.30. The molecule has 1 aliphatic rings. The van der Waals surface area contributed by atoms with Gasteiger partial charge >= 0.3 is 0 Å². The smallest absolute Gasteiger partial charge is 0.0481 e. The molecule has 0 radical (unpaired) electrons. The fourth-order valence-corrected chi connectivity index (χ4v) is 2.86. The molecule has 1 N–H and O–H groups in total. The highest BCUT2D eigenvalue weighted by atomic mass is 15.2. The van der Waals surface area contributed by atoms with E-state index in [2.05, 4.69) is 67.6 Å². The monoisotopic (exact) mass is 247 g/mol. The van der Waals surface area contributed by atoms with Crippen LogP contribution in [-0.2, 0) is 6.42 Å². The van der Waals surface area contributed by atoms with E-state index in [1.807, 2.05) is 0 Å². The van der Waals surface area contributed by atoms with Gasteiger partial charge in [-0.15, -0.1) is 0 Å². The number of nitrogens with zero attached hydrogens (tertiary/aromatic N) is 2. The van der Waals surface area contributed by atoms with Crippen LogP contribution in [0.4, 0.5) is 0 Å². The molecule has 0 amide bonds. The van der Waals surface area contributed by atoms with Gasteiger partial charge in [-0.25, -0.2) is 0 Å². The fraction of sp³-hybridized carbons (Fsp3) is 0.600. The van der Waals surface area contributed by atoms with Crippen LogP contribution in [0.2, 0.25) is 0 Å². The number of rotatable bonds is 5. The lowest BCUT2D eigenvalue weighted by Crippen LogP contribution is -2.42. The molecule has 0 aromatic heterocycles. The Kier molecular flexibility index (Phi) is 4.38. The summed E-state index contributed by atoms with van der Waals surface area (Å²) in [6.45, 7) is 2.23. The maximum absolute atomic E-state index is 3.48. The van der Waals surface area contributed by atoms with E-state index in [0.29, 0.717) is 12.1 Å². The average molecular weight is 247 g/mol. The van der Waals surface area contributed by atoms with E-state index in [1.54, 1.807) is 0 Å². The third-order valence-electron chi connectivity index (χ3n) is 3.98. The van der Waals surface area contributed by atoms with Gasteiger partial charge in [0.15, 0.2) is 0 Å². The van der Waals surface area contributed by atoms with E-state index < -0.39 is 0 Å². The van der Waals surface area contributed by atoms with Crippen molar-refractivity contribution in [2.24, 2.45) is 0 Å². The van der Waals surface area contributed by atoms with E-state index in [-0.39, 0.29) is 0 Å². The van der Waals surface area contributed by atoms with Crippen molar-refractivity contribution in [3.05, 3.63) is 35.4 Å². The third-order valence-corrected chi connectivity index (χ3v) is 3.98. The molecular formula is C15H25N3. The van der Waals surface area contributed by atoms with Crippen LogP contribution in [0, 0.1) is 0 Å². The van der Waals surface area contributed by atoms with Gasteiger partial charge in [-0.1, -0.05) is 24.3 Å². The molecule has 3 heteroatoms. The fourth-order valence-electron chi connectivity index (χ4n) is 2.86. The standard InChI is InChI=1S/C15H25N3/c1-16-15-13-8-6-5-7-12(13)11-14(15)18(4)10-9-17(2)3/h5-8,14-16H,9-11H2,1-4H3. The van der Waals surface area contributed by atoms with Crippen LogP contribution in [0.15, 0.2) is 24.3 Å². The molecule has 1 aromatic rings. The molecular weight excluding hydrogens is 222 g/mol. The summed E-state index contributed by atoms with van der Waals surface area (Å²) >= 11 is 0. The zero-order valence-corrected chi connectivity index (χ0v) is 12.0. The van der Waals surface area contributed by atoms with E-state index in [0.717, 1.165) is 19.5 Å². The van der Waals surface area contributed by atoms with E-state index >= 15 is 0 Å². The van der Waals surface area contributed by atoms with Crippen molar-refractivity contribution in [1.29, 1.82) is 0 Å². The zero-order chi connectivity index (χ0) is 13.1. The summed E-state index contributed by atoms with van der Waals surface area (Å²) in [5.74, 6) is 0. The average Bonchev–Trinajstić information content (AvgIpc) is 2.74. The van der Waals surface area contributed by atoms with Crippen LogP contribution in [0.5, 0.6) is 0 Å². The van der Waals surface area contributed by atoms with Crippen molar-refractivity contribution in [1.82, 2.24) is 15.1 Å². The predicted molar refractivity (Wildman–Crippen MR) is 76.9 cm³/mol. The first-order valence-electron chi connectivity index (χ1n) is 6.73. The summed E-state index contributed by atoms with van der Waals surface area (Å²) < 4.78 is 0. The normalized spacial score (nSPS) is 22.8. The highest BCUT2D eigenvalue weighted by Gasteiger charge is 2.33. The van der Waals surface area contributed by atoms with Crippen molar-refractivity contribution in [2.45, 2.75) is 18.5 Å². The molecule has 0 saturated carbocycles. The Labute approximate surface area is 111 Å². The molecule has 0 saturated heterocycles. The minimum atomic E-state index is 0.466. The van der Waals surface area contributed by atoms with Crippen LogP contribution in [0.3, 0.4) is 0 Å². The van der Waals surface area contributed by atoms with Crippen LogP contribution >= 0.6 is 0 Å². The first-order valence-corrected chi connectivity index (χ1v) is 6.73. The van der Waals surface area contributed by atoms with Crippen LogP contribution in [-0.4, -0.2) is 57.1 Å². The maximum atomic E-state index is 3.48. The van der Waals surface area contributed by atoms with E-state index in [4.69, 9.17) is 0 Å². The minimum Gasteiger partial charge on any atom is -0.312 e. The van der Waals surface area contributed by atoms with Crippen molar-refractivity contribution in [3.63, 3.8) is 0 Å². The first-order chi connectivity index (χ1) is 8.63. The van der Waals surface area contributed by atoms with Crippen molar-refractivity contribution in [3.8, 4) is 0 Å². The Morgan fingerprint density at radius 1 is 1.17 bits per heavy atom. The Morgan fingerprint density at radius 2 is 1.89 bits per heavy atom. The Bertz CT molecular complexity index is 389.